The number of hydrogen-bond donors (Lipinski definition) is 3. The summed E-state index contributed by atoms with van der Waals surface area (Å²) in [7, 11) is -3.15. The Kier molecular flexibility index (Phi) is 3.20. The lowest BCUT2D eigenvalue weighted by atomic mass is 10.5. The lowest BCUT2D eigenvalue weighted by molar-refractivity contribution is 0.589. The summed E-state index contributed by atoms with van der Waals surface area (Å²) in [6, 6.07) is 0. The van der Waals surface area contributed by atoms with Crippen molar-refractivity contribution in [2.24, 2.45) is 0 Å². The second-order valence-corrected chi connectivity index (χ2v) is 5.25. The first-order valence-corrected chi connectivity index (χ1v) is 6.78. The molecule has 0 fully saturated rings. The molecule has 0 spiro atoms. The number of nitrogens with one attached hydrogen (secondary N) is 3. The van der Waals surface area contributed by atoms with Gasteiger partial charge < -0.3 is 10.3 Å². The molecule has 0 aliphatic carbocycles. The molecule has 0 aliphatic rings. The number of anilines is 1. The van der Waals surface area contributed by atoms with Crippen molar-refractivity contribution in [3.8, 4) is 0 Å². The van der Waals surface area contributed by atoms with E-state index in [1.54, 1.807) is 0 Å². The molecular formula is C8H12N6O2S. The summed E-state index contributed by atoms with van der Waals surface area (Å²) in [5.41, 5.74) is 1.27. The number of fused-ring (bicyclic) bond motifs is 1. The monoisotopic (exact) mass is 256 g/mol. The molecule has 0 saturated heterocycles. The van der Waals surface area contributed by atoms with Gasteiger partial charge in [0.2, 0.25) is 10.0 Å². The third-order valence-electron chi connectivity index (χ3n) is 2.00. The van der Waals surface area contributed by atoms with Gasteiger partial charge in [-0.2, -0.15) is 0 Å². The van der Waals surface area contributed by atoms with Crippen molar-refractivity contribution in [2.75, 3.05) is 24.7 Å². The Morgan fingerprint density at radius 1 is 1.29 bits per heavy atom. The first-order chi connectivity index (χ1) is 8.06. The molecule has 3 N–H and O–H groups in total. The van der Waals surface area contributed by atoms with Crippen molar-refractivity contribution < 1.29 is 8.42 Å². The van der Waals surface area contributed by atoms with Gasteiger partial charge in [0.25, 0.3) is 0 Å². The predicted octanol–water partition coefficient (Wildman–Crippen LogP) is -0.686. The van der Waals surface area contributed by atoms with E-state index in [4.69, 9.17) is 0 Å². The van der Waals surface area contributed by atoms with Gasteiger partial charge in [-0.25, -0.2) is 28.1 Å². The Morgan fingerprint density at radius 3 is 2.88 bits per heavy atom. The SMILES string of the molecule is CS(=O)(=O)NCCNc1ncnc2nc[nH]c12. The Hall–Kier alpha value is -1.74. The van der Waals surface area contributed by atoms with Crippen LogP contribution in [0.4, 0.5) is 5.82 Å². The second-order valence-electron chi connectivity index (χ2n) is 3.42. The van der Waals surface area contributed by atoms with Crippen LogP contribution in [0.15, 0.2) is 12.7 Å². The van der Waals surface area contributed by atoms with Crippen LogP contribution in [0, 0.1) is 0 Å². The number of imidazole rings is 1. The van der Waals surface area contributed by atoms with Crippen molar-refractivity contribution in [2.45, 2.75) is 0 Å². The molecule has 9 heteroatoms. The lowest BCUT2D eigenvalue weighted by Gasteiger charge is -2.05. The summed E-state index contributed by atoms with van der Waals surface area (Å²) in [6.45, 7) is 0.719. The Labute approximate surface area is 97.9 Å². The minimum absolute atomic E-state index is 0.290. The van der Waals surface area contributed by atoms with Gasteiger partial charge in [0.1, 0.15) is 11.8 Å². The van der Waals surface area contributed by atoms with E-state index in [-0.39, 0.29) is 0 Å². The molecule has 0 saturated carbocycles. The molecule has 0 aromatic carbocycles. The van der Waals surface area contributed by atoms with Crippen LogP contribution in [-0.2, 0) is 10.0 Å². The highest BCUT2D eigenvalue weighted by atomic mass is 32.2. The maximum absolute atomic E-state index is 10.8. The van der Waals surface area contributed by atoms with Crippen LogP contribution >= 0.6 is 0 Å². The number of sulfonamides is 1. The van der Waals surface area contributed by atoms with Gasteiger partial charge in [-0.15, -0.1) is 0 Å². The van der Waals surface area contributed by atoms with E-state index in [2.05, 4.69) is 30.0 Å². The number of hydrogen-bond acceptors (Lipinski definition) is 6. The van der Waals surface area contributed by atoms with Crippen molar-refractivity contribution in [1.29, 1.82) is 0 Å². The number of aromatic nitrogens is 4. The van der Waals surface area contributed by atoms with Crippen LogP contribution in [0.1, 0.15) is 0 Å². The van der Waals surface area contributed by atoms with E-state index in [1.165, 1.54) is 12.7 Å². The van der Waals surface area contributed by atoms with Crippen LogP contribution < -0.4 is 10.0 Å². The van der Waals surface area contributed by atoms with Crippen LogP contribution in [-0.4, -0.2) is 47.7 Å². The average Bonchev–Trinajstić information content (AvgIpc) is 2.71. The fourth-order valence-electron chi connectivity index (χ4n) is 1.32. The quantitative estimate of drug-likeness (QED) is 0.611. The maximum Gasteiger partial charge on any atom is 0.208 e. The van der Waals surface area contributed by atoms with E-state index in [0.717, 1.165) is 6.26 Å². The van der Waals surface area contributed by atoms with Crippen LogP contribution in [0.25, 0.3) is 11.2 Å². The third kappa shape index (κ3) is 3.11. The molecule has 17 heavy (non-hydrogen) atoms. The fraction of sp³-hybridized carbons (Fsp3) is 0.375. The molecule has 0 aliphatic heterocycles. The van der Waals surface area contributed by atoms with Crippen molar-refractivity contribution >= 4 is 27.0 Å². The van der Waals surface area contributed by atoms with E-state index >= 15 is 0 Å². The molecule has 8 nitrogen and oxygen atoms in total. The highest BCUT2D eigenvalue weighted by Gasteiger charge is 2.05. The largest absolute Gasteiger partial charge is 0.367 e. The zero-order valence-electron chi connectivity index (χ0n) is 9.14. The summed E-state index contributed by atoms with van der Waals surface area (Å²) in [5, 5.41) is 3.00. The van der Waals surface area contributed by atoms with Gasteiger partial charge >= 0.3 is 0 Å². The zero-order valence-corrected chi connectivity index (χ0v) is 9.95. The lowest BCUT2D eigenvalue weighted by Crippen LogP contribution is -2.27. The molecule has 2 aromatic rings. The van der Waals surface area contributed by atoms with Crippen molar-refractivity contribution in [3.63, 3.8) is 0 Å². The van der Waals surface area contributed by atoms with Gasteiger partial charge in [-0.1, -0.05) is 0 Å². The van der Waals surface area contributed by atoms with E-state index in [9.17, 15) is 8.42 Å². The highest BCUT2D eigenvalue weighted by molar-refractivity contribution is 7.88. The molecule has 0 radical (unpaired) electrons. The second kappa shape index (κ2) is 4.63. The molecule has 0 unspecified atom stereocenters. The van der Waals surface area contributed by atoms with E-state index < -0.39 is 10.0 Å². The topological polar surface area (TPSA) is 113 Å². The summed E-state index contributed by atoms with van der Waals surface area (Å²) in [5.74, 6) is 0.600. The van der Waals surface area contributed by atoms with Crippen LogP contribution in [0.5, 0.6) is 0 Å². The number of H-pyrrole nitrogens is 1. The minimum Gasteiger partial charge on any atom is -0.367 e. The number of rotatable bonds is 5. The molecule has 2 aromatic heterocycles. The molecule has 2 heterocycles. The first kappa shape index (κ1) is 11.7. The Balaban J connectivity index is 1.97. The van der Waals surface area contributed by atoms with Gasteiger partial charge in [-0.3, -0.25) is 0 Å². The van der Waals surface area contributed by atoms with Crippen LogP contribution in [0.3, 0.4) is 0 Å². The number of aromatic amines is 1. The summed E-state index contributed by atoms with van der Waals surface area (Å²) in [6.07, 6.45) is 4.04. The standard InChI is InChI=1S/C8H12N6O2S/c1-17(15,16)14-3-2-9-7-6-8(11-4-10-6)13-5-12-7/h4-5,14H,2-3H2,1H3,(H2,9,10,11,12,13). The molecule has 0 atom stereocenters. The van der Waals surface area contributed by atoms with Gasteiger partial charge in [0.05, 0.1) is 12.6 Å². The summed E-state index contributed by atoms with van der Waals surface area (Å²) in [4.78, 5) is 14.9. The Bertz CT molecular complexity index is 607. The summed E-state index contributed by atoms with van der Waals surface area (Å²) >= 11 is 0. The smallest absolute Gasteiger partial charge is 0.208 e. The van der Waals surface area contributed by atoms with Crippen LogP contribution in [0.2, 0.25) is 0 Å². The van der Waals surface area contributed by atoms with Gasteiger partial charge in [-0.05, 0) is 0 Å². The minimum atomic E-state index is -3.15. The van der Waals surface area contributed by atoms with Gasteiger partial charge in [0.15, 0.2) is 11.5 Å². The molecular weight excluding hydrogens is 244 g/mol. The van der Waals surface area contributed by atoms with Crippen molar-refractivity contribution in [3.05, 3.63) is 12.7 Å². The Morgan fingerprint density at radius 2 is 2.12 bits per heavy atom. The third-order valence-corrected chi connectivity index (χ3v) is 2.73. The first-order valence-electron chi connectivity index (χ1n) is 4.89. The van der Waals surface area contributed by atoms with E-state index in [0.29, 0.717) is 30.1 Å². The van der Waals surface area contributed by atoms with Crippen molar-refractivity contribution in [1.82, 2.24) is 24.7 Å². The molecule has 2 rings (SSSR count). The zero-order chi connectivity index (χ0) is 12.3. The molecule has 92 valence electrons. The predicted molar refractivity (Wildman–Crippen MR) is 63.0 cm³/mol. The molecule has 0 bridgehead atoms. The fourth-order valence-corrected chi connectivity index (χ4v) is 1.79. The van der Waals surface area contributed by atoms with E-state index in [1.807, 2.05) is 0 Å². The molecule has 0 amide bonds. The number of nitrogens with zero attached hydrogens (tertiary/aromatic N) is 3. The normalized spacial score (nSPS) is 11.8. The average molecular weight is 256 g/mol. The highest BCUT2D eigenvalue weighted by Crippen LogP contribution is 2.13. The maximum atomic E-state index is 10.8. The summed E-state index contributed by atoms with van der Waals surface area (Å²) < 4.78 is 24.0. The van der Waals surface area contributed by atoms with Gasteiger partial charge in [0, 0.05) is 13.1 Å².